The van der Waals surface area contributed by atoms with Gasteiger partial charge in [-0.25, -0.2) is 4.39 Å². The highest BCUT2D eigenvalue weighted by atomic mass is 19.1. The number of carbonyl (C=O) groups excluding carboxylic acids is 1. The number of rotatable bonds is 6. The van der Waals surface area contributed by atoms with Gasteiger partial charge in [-0.1, -0.05) is 30.7 Å². The highest BCUT2D eigenvalue weighted by Crippen LogP contribution is 2.34. The van der Waals surface area contributed by atoms with Gasteiger partial charge in [0.05, 0.1) is 13.5 Å². The van der Waals surface area contributed by atoms with Crippen LogP contribution in [-0.4, -0.2) is 55.5 Å². The van der Waals surface area contributed by atoms with Gasteiger partial charge in [-0.3, -0.25) is 4.79 Å². The van der Waals surface area contributed by atoms with E-state index in [-0.39, 0.29) is 17.6 Å². The van der Waals surface area contributed by atoms with E-state index in [1.54, 1.807) is 7.11 Å². The molecule has 160 valence electrons. The fourth-order valence-electron chi connectivity index (χ4n) is 4.85. The van der Waals surface area contributed by atoms with Crippen LogP contribution in [-0.2, 0) is 11.2 Å². The minimum atomic E-state index is -0.211. The van der Waals surface area contributed by atoms with Gasteiger partial charge < -0.3 is 14.5 Å². The summed E-state index contributed by atoms with van der Waals surface area (Å²) in [5, 5.41) is 0. The molecule has 0 N–H and O–H groups in total. The molecule has 2 atom stereocenters. The maximum Gasteiger partial charge on any atom is 0.227 e. The van der Waals surface area contributed by atoms with Gasteiger partial charge in [0.1, 0.15) is 11.6 Å². The Morgan fingerprint density at radius 2 is 1.70 bits per heavy atom. The van der Waals surface area contributed by atoms with Gasteiger partial charge in [0.15, 0.2) is 0 Å². The number of likely N-dealkylation sites (tertiary alicyclic amines) is 2. The van der Waals surface area contributed by atoms with Crippen molar-refractivity contribution in [1.82, 2.24) is 9.80 Å². The number of ether oxygens (including phenoxy) is 1. The lowest BCUT2D eigenvalue weighted by Gasteiger charge is -2.31. The van der Waals surface area contributed by atoms with Crippen molar-refractivity contribution >= 4 is 5.91 Å². The van der Waals surface area contributed by atoms with E-state index in [1.807, 2.05) is 41.3 Å². The van der Waals surface area contributed by atoms with E-state index < -0.39 is 0 Å². The molecule has 0 bridgehead atoms. The van der Waals surface area contributed by atoms with Gasteiger partial charge in [0.25, 0.3) is 0 Å². The molecule has 2 aromatic rings. The number of hydrogen-bond acceptors (Lipinski definition) is 3. The van der Waals surface area contributed by atoms with Crippen molar-refractivity contribution in [2.75, 3.05) is 39.8 Å². The largest absolute Gasteiger partial charge is 0.497 e. The molecule has 0 saturated carbocycles. The molecule has 5 heteroatoms. The van der Waals surface area contributed by atoms with Crippen LogP contribution in [0.15, 0.2) is 48.5 Å². The van der Waals surface area contributed by atoms with Crippen LogP contribution in [0, 0.1) is 11.7 Å². The Balaban J connectivity index is 1.46. The fourth-order valence-corrected chi connectivity index (χ4v) is 4.85. The molecule has 0 aliphatic carbocycles. The first-order valence-corrected chi connectivity index (χ1v) is 11.0. The van der Waals surface area contributed by atoms with Crippen LogP contribution in [0.5, 0.6) is 5.75 Å². The summed E-state index contributed by atoms with van der Waals surface area (Å²) >= 11 is 0. The van der Waals surface area contributed by atoms with Gasteiger partial charge in [-0.05, 0) is 67.2 Å². The number of hydrogen-bond donors (Lipinski definition) is 0. The van der Waals surface area contributed by atoms with Crippen LogP contribution in [0.2, 0.25) is 0 Å². The topological polar surface area (TPSA) is 32.8 Å². The molecular weight excluding hydrogens is 379 g/mol. The molecule has 4 nitrogen and oxygen atoms in total. The monoisotopic (exact) mass is 410 g/mol. The zero-order chi connectivity index (χ0) is 20.9. The number of nitrogens with zero attached hydrogens (tertiary/aromatic N) is 2. The van der Waals surface area contributed by atoms with Crippen LogP contribution in [0.25, 0.3) is 0 Å². The van der Waals surface area contributed by atoms with E-state index in [9.17, 15) is 9.18 Å². The lowest BCUT2D eigenvalue weighted by Crippen LogP contribution is -2.37. The molecule has 0 spiro atoms. The predicted octanol–water partition coefficient (Wildman–Crippen LogP) is 4.10. The van der Waals surface area contributed by atoms with Crippen LogP contribution < -0.4 is 4.74 Å². The van der Waals surface area contributed by atoms with Crippen molar-refractivity contribution in [3.05, 3.63) is 65.5 Å². The number of benzene rings is 2. The predicted molar refractivity (Wildman–Crippen MR) is 116 cm³/mol. The zero-order valence-electron chi connectivity index (χ0n) is 17.7. The average Bonchev–Trinajstić information content (AvgIpc) is 3.19. The van der Waals surface area contributed by atoms with E-state index >= 15 is 0 Å². The van der Waals surface area contributed by atoms with Crippen molar-refractivity contribution in [2.24, 2.45) is 5.92 Å². The third-order valence-corrected chi connectivity index (χ3v) is 6.55. The van der Waals surface area contributed by atoms with Crippen LogP contribution in [0.1, 0.15) is 36.3 Å². The highest BCUT2D eigenvalue weighted by molar-refractivity contribution is 5.79. The number of halogens is 1. The summed E-state index contributed by atoms with van der Waals surface area (Å²) in [4.78, 5) is 17.6. The van der Waals surface area contributed by atoms with Crippen molar-refractivity contribution < 1.29 is 13.9 Å². The minimum Gasteiger partial charge on any atom is -0.497 e. The second kappa shape index (κ2) is 9.61. The molecular formula is C25H31FN2O2. The van der Waals surface area contributed by atoms with Crippen LogP contribution in [0.4, 0.5) is 4.39 Å². The molecule has 30 heavy (non-hydrogen) atoms. The van der Waals surface area contributed by atoms with Crippen molar-refractivity contribution in [2.45, 2.75) is 31.6 Å². The third kappa shape index (κ3) is 5.01. The minimum absolute atomic E-state index is 0.161. The maximum atomic E-state index is 13.5. The third-order valence-electron chi connectivity index (χ3n) is 6.55. The van der Waals surface area contributed by atoms with Crippen molar-refractivity contribution in [1.29, 1.82) is 0 Å². The smallest absolute Gasteiger partial charge is 0.227 e. The second-order valence-corrected chi connectivity index (χ2v) is 8.60. The van der Waals surface area contributed by atoms with Gasteiger partial charge in [0, 0.05) is 25.6 Å². The van der Waals surface area contributed by atoms with Crippen molar-refractivity contribution in [3.63, 3.8) is 0 Å². The van der Waals surface area contributed by atoms with E-state index in [4.69, 9.17) is 4.74 Å². The summed E-state index contributed by atoms with van der Waals surface area (Å²) in [5.74, 6) is 1.39. The quantitative estimate of drug-likeness (QED) is 0.719. The molecule has 2 unspecified atom stereocenters. The van der Waals surface area contributed by atoms with Gasteiger partial charge >= 0.3 is 0 Å². The van der Waals surface area contributed by atoms with Gasteiger partial charge in [-0.2, -0.15) is 0 Å². The van der Waals surface area contributed by atoms with Crippen LogP contribution in [0.3, 0.4) is 0 Å². The Bertz CT molecular complexity index is 831. The maximum absolute atomic E-state index is 13.5. The molecule has 2 aromatic carbocycles. The summed E-state index contributed by atoms with van der Waals surface area (Å²) in [5.41, 5.74) is 2.14. The zero-order valence-corrected chi connectivity index (χ0v) is 17.7. The first-order valence-electron chi connectivity index (χ1n) is 11.0. The summed E-state index contributed by atoms with van der Waals surface area (Å²) in [6.45, 7) is 4.78. The average molecular weight is 411 g/mol. The van der Waals surface area contributed by atoms with Crippen LogP contribution >= 0.6 is 0 Å². The molecule has 4 rings (SSSR count). The molecule has 2 fully saturated rings. The summed E-state index contributed by atoms with van der Waals surface area (Å²) in [7, 11) is 1.64. The summed E-state index contributed by atoms with van der Waals surface area (Å²) in [6, 6.07) is 14.6. The van der Waals surface area contributed by atoms with E-state index in [2.05, 4.69) is 4.90 Å². The first kappa shape index (κ1) is 20.9. The molecule has 2 aliphatic rings. The standard InChI is InChI=1S/C25H31FN2O2/c1-30-23-11-5-19(6-12-23)15-25(29)28-17-21(16-27-13-3-2-4-14-27)24(18-28)20-7-9-22(26)10-8-20/h5-12,21,24H,2-4,13-18H2,1H3. The Kier molecular flexibility index (Phi) is 6.68. The molecule has 0 radical (unpaired) electrons. The Hall–Kier alpha value is -2.40. The molecule has 0 aromatic heterocycles. The number of amides is 1. The molecule has 2 saturated heterocycles. The Morgan fingerprint density at radius 1 is 1.00 bits per heavy atom. The normalized spacial score (nSPS) is 22.3. The summed E-state index contributed by atoms with van der Waals surface area (Å²) < 4.78 is 18.7. The molecule has 2 heterocycles. The Labute approximate surface area is 178 Å². The lowest BCUT2D eigenvalue weighted by atomic mass is 9.88. The van der Waals surface area contributed by atoms with E-state index in [0.717, 1.165) is 43.1 Å². The number of methoxy groups -OCH3 is 1. The number of piperidine rings is 1. The molecule has 1 amide bonds. The Morgan fingerprint density at radius 3 is 2.37 bits per heavy atom. The fraction of sp³-hybridized carbons (Fsp3) is 0.480. The van der Waals surface area contributed by atoms with E-state index in [1.165, 1.54) is 31.4 Å². The molecule has 2 aliphatic heterocycles. The summed E-state index contributed by atoms with van der Waals surface area (Å²) in [6.07, 6.45) is 4.23. The lowest BCUT2D eigenvalue weighted by molar-refractivity contribution is -0.129. The first-order chi connectivity index (χ1) is 14.6. The van der Waals surface area contributed by atoms with Gasteiger partial charge in [0.2, 0.25) is 5.91 Å². The van der Waals surface area contributed by atoms with Gasteiger partial charge in [-0.15, -0.1) is 0 Å². The SMILES string of the molecule is COc1ccc(CC(=O)N2CC(CN3CCCCC3)C(c3ccc(F)cc3)C2)cc1. The number of carbonyl (C=O) groups is 1. The van der Waals surface area contributed by atoms with Crippen molar-refractivity contribution in [3.8, 4) is 5.75 Å². The second-order valence-electron chi connectivity index (χ2n) is 8.60. The van der Waals surface area contributed by atoms with E-state index in [0.29, 0.717) is 18.9 Å². The highest BCUT2D eigenvalue weighted by Gasteiger charge is 2.37.